The first kappa shape index (κ1) is 20.4. The summed E-state index contributed by atoms with van der Waals surface area (Å²) in [5.41, 5.74) is 1.71. The number of hydrogen-bond donors (Lipinski definition) is 0. The fourth-order valence-electron chi connectivity index (χ4n) is 1.09. The first-order chi connectivity index (χ1) is 8.22. The molecule has 0 heterocycles. The third-order valence-electron chi connectivity index (χ3n) is 1.87. The SMILES string of the molecule is CCOC([O-])=N/N=C(C)\C=C\c1ccccc1.[Li+].[Li]. The summed E-state index contributed by atoms with van der Waals surface area (Å²) >= 11 is 0. The van der Waals surface area contributed by atoms with E-state index < -0.39 is 6.08 Å². The summed E-state index contributed by atoms with van der Waals surface area (Å²) in [6.07, 6.45) is 3.03. The molecule has 4 nitrogen and oxygen atoms in total. The largest absolute Gasteiger partial charge is 1.00 e. The smallest absolute Gasteiger partial charge is 0.599 e. The molecule has 0 aliphatic carbocycles. The predicted molar refractivity (Wildman–Crippen MR) is 73.4 cm³/mol. The van der Waals surface area contributed by atoms with Crippen LogP contribution in [0.4, 0.5) is 0 Å². The number of hydrogen-bond acceptors (Lipinski definition) is 4. The zero-order valence-corrected chi connectivity index (χ0v) is 12.0. The molecule has 0 aliphatic heterocycles. The van der Waals surface area contributed by atoms with Crippen LogP contribution in [-0.4, -0.2) is 37.3 Å². The number of allylic oxidation sites excluding steroid dienone is 1. The van der Waals surface area contributed by atoms with Crippen LogP contribution in [0.5, 0.6) is 0 Å². The van der Waals surface area contributed by atoms with Gasteiger partial charge in [-0.25, -0.2) is 0 Å². The number of benzene rings is 1. The Morgan fingerprint density at radius 1 is 1.26 bits per heavy atom. The van der Waals surface area contributed by atoms with Crippen molar-refractivity contribution in [2.45, 2.75) is 13.8 Å². The normalized spacial score (nSPS) is 11.7. The van der Waals surface area contributed by atoms with Crippen molar-refractivity contribution in [3.63, 3.8) is 0 Å². The van der Waals surface area contributed by atoms with Crippen LogP contribution in [0.15, 0.2) is 46.6 Å². The fraction of sp³-hybridized carbons (Fsp3) is 0.231. The van der Waals surface area contributed by atoms with Crippen LogP contribution in [0.1, 0.15) is 19.4 Å². The third-order valence-corrected chi connectivity index (χ3v) is 1.87. The maximum absolute atomic E-state index is 10.9. The van der Waals surface area contributed by atoms with Gasteiger partial charge in [-0.1, -0.05) is 43.3 Å². The Kier molecular flexibility index (Phi) is 13.0. The van der Waals surface area contributed by atoms with Crippen molar-refractivity contribution in [3.05, 3.63) is 42.0 Å². The maximum Gasteiger partial charge on any atom is 1.00 e. The minimum absolute atomic E-state index is 0. The second-order valence-corrected chi connectivity index (χ2v) is 3.28. The van der Waals surface area contributed by atoms with Crippen molar-refractivity contribution < 1.29 is 28.7 Å². The fourth-order valence-corrected chi connectivity index (χ4v) is 1.09. The molecule has 6 heteroatoms. The van der Waals surface area contributed by atoms with Gasteiger partial charge in [0.05, 0.1) is 5.71 Å². The molecule has 0 unspecified atom stereocenters. The van der Waals surface area contributed by atoms with Gasteiger partial charge >= 0.3 is 18.9 Å². The van der Waals surface area contributed by atoms with Gasteiger partial charge < -0.3 is 9.84 Å². The summed E-state index contributed by atoms with van der Waals surface area (Å²) in [6.45, 7) is 3.79. The van der Waals surface area contributed by atoms with Crippen LogP contribution in [0.2, 0.25) is 0 Å². The molecule has 0 bridgehead atoms. The minimum Gasteiger partial charge on any atom is -0.599 e. The molecule has 0 fully saturated rings. The maximum atomic E-state index is 10.9. The molecule has 91 valence electrons. The van der Waals surface area contributed by atoms with Gasteiger partial charge in [0.2, 0.25) is 0 Å². The Bertz CT molecular complexity index is 432. The third kappa shape index (κ3) is 9.65. The average molecular weight is 245 g/mol. The van der Waals surface area contributed by atoms with Crippen molar-refractivity contribution in [1.82, 2.24) is 0 Å². The van der Waals surface area contributed by atoms with Crippen molar-refractivity contribution in [2.75, 3.05) is 6.61 Å². The van der Waals surface area contributed by atoms with E-state index in [-0.39, 0.29) is 37.7 Å². The summed E-state index contributed by atoms with van der Waals surface area (Å²) in [6, 6.07) is 9.82. The number of nitrogens with zero attached hydrogens (tertiary/aromatic N) is 2. The van der Waals surface area contributed by atoms with E-state index in [1.165, 1.54) is 0 Å². The predicted octanol–water partition coefficient (Wildman–Crippen LogP) is -1.55. The molecule has 1 aromatic rings. The Balaban J connectivity index is 0. The van der Waals surface area contributed by atoms with Crippen molar-refractivity contribution in [2.24, 2.45) is 10.2 Å². The molecule has 0 aliphatic rings. The van der Waals surface area contributed by atoms with E-state index in [0.717, 1.165) is 5.56 Å². The Morgan fingerprint density at radius 2 is 1.89 bits per heavy atom. The van der Waals surface area contributed by atoms with Gasteiger partial charge in [0, 0.05) is 18.9 Å². The molecule has 0 aromatic heterocycles. The first-order valence-corrected chi connectivity index (χ1v) is 5.37. The van der Waals surface area contributed by atoms with E-state index in [0.29, 0.717) is 12.3 Å². The molecule has 1 aromatic carbocycles. The quantitative estimate of drug-likeness (QED) is 0.279. The summed E-state index contributed by atoms with van der Waals surface area (Å²) in [4.78, 5) is 0. The van der Waals surface area contributed by atoms with Crippen molar-refractivity contribution >= 4 is 36.7 Å². The van der Waals surface area contributed by atoms with E-state index in [2.05, 4.69) is 14.9 Å². The zero-order chi connectivity index (χ0) is 12.5. The van der Waals surface area contributed by atoms with Crippen LogP contribution in [0.25, 0.3) is 6.08 Å². The van der Waals surface area contributed by atoms with Gasteiger partial charge in [-0.15, -0.1) is 5.10 Å². The molecule has 0 amide bonds. The van der Waals surface area contributed by atoms with Crippen molar-refractivity contribution in [3.8, 4) is 0 Å². The molecule has 1 rings (SSSR count). The topological polar surface area (TPSA) is 57.0 Å². The van der Waals surface area contributed by atoms with E-state index >= 15 is 0 Å². The molecule has 0 spiro atoms. The summed E-state index contributed by atoms with van der Waals surface area (Å²) < 4.78 is 4.62. The molecule has 0 saturated heterocycles. The van der Waals surface area contributed by atoms with Gasteiger partial charge in [0.25, 0.3) is 0 Å². The molecule has 19 heavy (non-hydrogen) atoms. The summed E-state index contributed by atoms with van der Waals surface area (Å²) in [7, 11) is 0. The van der Waals surface area contributed by atoms with Crippen molar-refractivity contribution in [1.29, 1.82) is 0 Å². The second kappa shape index (κ2) is 12.1. The van der Waals surface area contributed by atoms with Gasteiger partial charge in [-0.05, 0) is 25.2 Å². The molecular formula is C13H15Li2N2O2. The number of rotatable bonds is 4. The molecule has 0 saturated carbocycles. The van der Waals surface area contributed by atoms with Crippen LogP contribution in [-0.2, 0) is 4.74 Å². The van der Waals surface area contributed by atoms with E-state index in [9.17, 15) is 5.11 Å². The van der Waals surface area contributed by atoms with Gasteiger partial charge in [0.15, 0.2) is 6.08 Å². The molecular weight excluding hydrogens is 230 g/mol. The molecule has 0 atom stereocenters. The van der Waals surface area contributed by atoms with E-state index in [1.54, 1.807) is 19.9 Å². The zero-order valence-electron chi connectivity index (χ0n) is 12.0. The minimum atomic E-state index is -0.667. The Labute approximate surface area is 138 Å². The van der Waals surface area contributed by atoms with Crippen LogP contribution >= 0.6 is 0 Å². The molecule has 0 N–H and O–H groups in total. The number of ether oxygens (including phenoxy) is 1. The van der Waals surface area contributed by atoms with Crippen LogP contribution < -0.4 is 24.0 Å². The Hall–Kier alpha value is -0.905. The monoisotopic (exact) mass is 245 g/mol. The second-order valence-electron chi connectivity index (χ2n) is 3.28. The van der Waals surface area contributed by atoms with Gasteiger partial charge in [-0.2, -0.15) is 5.10 Å². The standard InChI is InChI=1S/C13H16N2O2.2Li/c1-3-17-13(16)15-14-11(2)9-10-12-7-5-4-6-8-12;;/h4-10H,3H2,1-2H3,(H,15,16);;/q;;+1/p-1/b10-9+,14-11-;;. The van der Waals surface area contributed by atoms with Gasteiger partial charge in [0.1, 0.15) is 0 Å². The van der Waals surface area contributed by atoms with E-state index in [1.807, 2.05) is 36.4 Å². The average Bonchev–Trinajstić information content (AvgIpc) is 2.35. The first-order valence-electron chi connectivity index (χ1n) is 5.37. The summed E-state index contributed by atoms with van der Waals surface area (Å²) in [5, 5.41) is 18.0. The summed E-state index contributed by atoms with van der Waals surface area (Å²) in [5.74, 6) is 0. The van der Waals surface area contributed by atoms with Gasteiger partial charge in [-0.3, -0.25) is 0 Å². The van der Waals surface area contributed by atoms with E-state index in [4.69, 9.17) is 0 Å². The Morgan fingerprint density at radius 3 is 2.47 bits per heavy atom. The van der Waals surface area contributed by atoms with Crippen LogP contribution in [0, 0.1) is 0 Å². The van der Waals surface area contributed by atoms with Crippen LogP contribution in [0.3, 0.4) is 0 Å². The molecule has 1 radical (unpaired) electrons.